The molecule has 3 heteroatoms. The van der Waals surface area contributed by atoms with Gasteiger partial charge in [0, 0.05) is 38.3 Å². The highest BCUT2D eigenvalue weighted by Crippen LogP contribution is 2.34. The summed E-state index contributed by atoms with van der Waals surface area (Å²) >= 11 is 0. The molecule has 4 atom stereocenters. The number of nitrogens with zero attached hydrogens (tertiary/aromatic N) is 1. The van der Waals surface area contributed by atoms with Crippen LogP contribution >= 0.6 is 0 Å². The van der Waals surface area contributed by atoms with Crippen molar-refractivity contribution in [1.29, 1.82) is 0 Å². The molecule has 0 radical (unpaired) electrons. The van der Waals surface area contributed by atoms with Crippen LogP contribution in [0, 0.1) is 11.8 Å². The van der Waals surface area contributed by atoms with E-state index in [4.69, 9.17) is 4.74 Å². The molecule has 3 nitrogen and oxygen atoms in total. The monoisotopic (exact) mass is 238 g/mol. The van der Waals surface area contributed by atoms with Crippen molar-refractivity contribution in [3.8, 4) is 0 Å². The average Bonchev–Trinajstić information content (AvgIpc) is 3.08. The highest BCUT2D eigenvalue weighted by atomic mass is 16.5. The Hall–Kier alpha value is -0.120. The minimum atomic E-state index is 0.469. The first-order valence-corrected chi connectivity index (χ1v) is 7.33. The van der Waals surface area contributed by atoms with E-state index >= 15 is 0 Å². The third-order valence-corrected chi connectivity index (χ3v) is 4.92. The fourth-order valence-corrected chi connectivity index (χ4v) is 3.33. The van der Waals surface area contributed by atoms with Crippen LogP contribution in [0.15, 0.2) is 0 Å². The molecular weight excluding hydrogens is 212 g/mol. The first kappa shape index (κ1) is 11.9. The van der Waals surface area contributed by atoms with Crippen LogP contribution in [-0.4, -0.2) is 49.3 Å². The summed E-state index contributed by atoms with van der Waals surface area (Å²) in [6, 6.07) is 1.46. The zero-order chi connectivity index (χ0) is 11.8. The number of ether oxygens (including phenoxy) is 1. The van der Waals surface area contributed by atoms with Gasteiger partial charge in [0.25, 0.3) is 0 Å². The molecular formula is C14H26N2O. The largest absolute Gasteiger partial charge is 0.378 e. The van der Waals surface area contributed by atoms with Crippen LogP contribution in [0.3, 0.4) is 0 Å². The van der Waals surface area contributed by atoms with Gasteiger partial charge in [-0.25, -0.2) is 0 Å². The highest BCUT2D eigenvalue weighted by molar-refractivity contribution is 4.94. The second kappa shape index (κ2) is 4.87. The molecule has 1 saturated carbocycles. The van der Waals surface area contributed by atoms with E-state index in [-0.39, 0.29) is 0 Å². The molecule has 17 heavy (non-hydrogen) atoms. The Kier molecular flexibility index (Phi) is 3.42. The molecule has 3 rings (SSSR count). The second-order valence-corrected chi connectivity index (χ2v) is 6.28. The summed E-state index contributed by atoms with van der Waals surface area (Å²) in [4.78, 5) is 2.70. The number of rotatable bonds is 3. The summed E-state index contributed by atoms with van der Waals surface area (Å²) in [6.45, 7) is 9.24. The molecule has 0 bridgehead atoms. The van der Waals surface area contributed by atoms with Crippen molar-refractivity contribution in [3.05, 3.63) is 0 Å². The van der Waals surface area contributed by atoms with Gasteiger partial charge in [0.15, 0.2) is 0 Å². The summed E-state index contributed by atoms with van der Waals surface area (Å²) in [7, 11) is 0. The fraction of sp³-hybridized carbons (Fsp3) is 1.00. The van der Waals surface area contributed by atoms with Crippen molar-refractivity contribution in [2.45, 2.75) is 51.3 Å². The van der Waals surface area contributed by atoms with Gasteiger partial charge in [0.2, 0.25) is 0 Å². The van der Waals surface area contributed by atoms with Crippen LogP contribution in [0.25, 0.3) is 0 Å². The number of hydrogen-bond acceptors (Lipinski definition) is 3. The van der Waals surface area contributed by atoms with Gasteiger partial charge in [-0.3, -0.25) is 4.90 Å². The standard InChI is InChI=1S/C14H26N2O/c1-10-7-15-14(12-3-4-12)9-16(10)8-13-5-6-17-11(13)2/h10-15H,3-9H2,1-2H3. The maximum atomic E-state index is 5.69. The summed E-state index contributed by atoms with van der Waals surface area (Å²) in [6.07, 6.45) is 4.62. The minimum absolute atomic E-state index is 0.469. The first-order valence-electron chi connectivity index (χ1n) is 7.33. The Bertz CT molecular complexity index is 267. The summed E-state index contributed by atoms with van der Waals surface area (Å²) < 4.78 is 5.69. The van der Waals surface area contributed by atoms with Crippen molar-refractivity contribution in [2.75, 3.05) is 26.2 Å². The van der Waals surface area contributed by atoms with Crippen LogP contribution in [0.2, 0.25) is 0 Å². The Morgan fingerprint density at radius 2 is 2.06 bits per heavy atom. The Labute approximate surface area is 105 Å². The van der Waals surface area contributed by atoms with E-state index in [1.807, 2.05) is 0 Å². The van der Waals surface area contributed by atoms with Crippen molar-refractivity contribution < 1.29 is 4.74 Å². The van der Waals surface area contributed by atoms with E-state index in [9.17, 15) is 0 Å². The van der Waals surface area contributed by atoms with E-state index in [1.165, 1.54) is 38.9 Å². The summed E-state index contributed by atoms with van der Waals surface area (Å²) in [5, 5.41) is 3.72. The molecule has 4 unspecified atom stereocenters. The summed E-state index contributed by atoms with van der Waals surface area (Å²) in [5.74, 6) is 1.73. The van der Waals surface area contributed by atoms with Gasteiger partial charge in [-0.15, -0.1) is 0 Å². The Balaban J connectivity index is 1.56. The number of hydrogen-bond donors (Lipinski definition) is 1. The zero-order valence-electron chi connectivity index (χ0n) is 11.2. The molecule has 2 heterocycles. The van der Waals surface area contributed by atoms with Gasteiger partial charge in [0.1, 0.15) is 0 Å². The molecule has 0 spiro atoms. The smallest absolute Gasteiger partial charge is 0.0588 e. The van der Waals surface area contributed by atoms with E-state index in [0.717, 1.165) is 24.5 Å². The van der Waals surface area contributed by atoms with Gasteiger partial charge in [0.05, 0.1) is 6.10 Å². The molecule has 98 valence electrons. The molecule has 1 N–H and O–H groups in total. The first-order chi connectivity index (χ1) is 8.24. The summed E-state index contributed by atoms with van der Waals surface area (Å²) in [5.41, 5.74) is 0. The highest BCUT2D eigenvalue weighted by Gasteiger charge is 2.37. The molecule has 2 saturated heterocycles. The van der Waals surface area contributed by atoms with Crippen molar-refractivity contribution >= 4 is 0 Å². The van der Waals surface area contributed by atoms with Gasteiger partial charge >= 0.3 is 0 Å². The minimum Gasteiger partial charge on any atom is -0.378 e. The van der Waals surface area contributed by atoms with Crippen molar-refractivity contribution in [2.24, 2.45) is 11.8 Å². The quantitative estimate of drug-likeness (QED) is 0.806. The number of nitrogens with one attached hydrogen (secondary N) is 1. The van der Waals surface area contributed by atoms with Gasteiger partial charge in [-0.2, -0.15) is 0 Å². The Morgan fingerprint density at radius 1 is 1.24 bits per heavy atom. The van der Waals surface area contributed by atoms with Crippen LogP contribution in [-0.2, 0) is 4.74 Å². The molecule has 0 amide bonds. The van der Waals surface area contributed by atoms with Crippen LogP contribution in [0.5, 0.6) is 0 Å². The fourth-order valence-electron chi connectivity index (χ4n) is 3.33. The lowest BCUT2D eigenvalue weighted by molar-refractivity contribution is 0.0691. The number of piperazine rings is 1. The van der Waals surface area contributed by atoms with Gasteiger partial charge in [-0.05, 0) is 44.9 Å². The zero-order valence-corrected chi connectivity index (χ0v) is 11.2. The maximum absolute atomic E-state index is 5.69. The maximum Gasteiger partial charge on any atom is 0.0588 e. The second-order valence-electron chi connectivity index (χ2n) is 6.28. The lowest BCUT2D eigenvalue weighted by Gasteiger charge is -2.40. The topological polar surface area (TPSA) is 24.5 Å². The molecule has 2 aliphatic heterocycles. The molecule has 3 aliphatic rings. The van der Waals surface area contributed by atoms with E-state index in [0.29, 0.717) is 12.1 Å². The van der Waals surface area contributed by atoms with Crippen LogP contribution < -0.4 is 5.32 Å². The van der Waals surface area contributed by atoms with Crippen LogP contribution in [0.4, 0.5) is 0 Å². The molecule has 0 aromatic rings. The molecule has 0 aromatic heterocycles. The van der Waals surface area contributed by atoms with E-state index in [1.54, 1.807) is 0 Å². The predicted molar refractivity (Wildman–Crippen MR) is 69.1 cm³/mol. The third kappa shape index (κ3) is 2.67. The van der Waals surface area contributed by atoms with E-state index in [2.05, 4.69) is 24.1 Å². The molecule has 1 aliphatic carbocycles. The van der Waals surface area contributed by atoms with Crippen LogP contribution in [0.1, 0.15) is 33.1 Å². The van der Waals surface area contributed by atoms with Gasteiger partial charge < -0.3 is 10.1 Å². The van der Waals surface area contributed by atoms with E-state index < -0.39 is 0 Å². The normalized spacial score (nSPS) is 44.1. The SMILES string of the molecule is CC1OCCC1CN1CC(C2CC2)NCC1C. The lowest BCUT2D eigenvalue weighted by Crippen LogP contribution is -2.57. The predicted octanol–water partition coefficient (Wildman–Crippen LogP) is 1.48. The van der Waals surface area contributed by atoms with Crippen molar-refractivity contribution in [1.82, 2.24) is 10.2 Å². The Morgan fingerprint density at radius 3 is 2.71 bits per heavy atom. The lowest BCUT2D eigenvalue weighted by atomic mass is 9.99. The van der Waals surface area contributed by atoms with Crippen molar-refractivity contribution in [3.63, 3.8) is 0 Å². The average molecular weight is 238 g/mol. The van der Waals surface area contributed by atoms with Gasteiger partial charge in [-0.1, -0.05) is 0 Å². The molecule has 0 aromatic carbocycles. The molecule has 3 fully saturated rings. The third-order valence-electron chi connectivity index (χ3n) is 4.92.